The standard InChI is InChI=1S/C26H39N3O4/c1-5-14-27-24(30)21-8-6-20(7-9-21)22-10-11-23(28-17-22)32-18-19-12-15-29(16-13-19)25(31)33-26(2,3)4/h6,10-11,17,19,21H,5,7-9,12-16,18H2,1-4H3,(H,27,30). The van der Waals surface area contributed by atoms with Crippen LogP contribution in [0.5, 0.6) is 5.88 Å². The molecule has 2 amide bonds. The molecule has 182 valence electrons. The predicted molar refractivity (Wildman–Crippen MR) is 129 cm³/mol. The van der Waals surface area contributed by atoms with Crippen molar-refractivity contribution in [3.8, 4) is 5.88 Å². The van der Waals surface area contributed by atoms with Gasteiger partial charge in [0.1, 0.15) is 5.60 Å². The Kier molecular flexibility index (Phi) is 8.75. The van der Waals surface area contributed by atoms with Crippen molar-refractivity contribution in [2.45, 2.75) is 71.8 Å². The number of hydrogen-bond acceptors (Lipinski definition) is 5. The summed E-state index contributed by atoms with van der Waals surface area (Å²) in [5.41, 5.74) is 1.89. The molecular weight excluding hydrogens is 418 g/mol. The molecular formula is C26H39N3O4. The van der Waals surface area contributed by atoms with Gasteiger partial charge < -0.3 is 19.7 Å². The third-order valence-corrected chi connectivity index (χ3v) is 6.17. The molecule has 0 bridgehead atoms. The van der Waals surface area contributed by atoms with Gasteiger partial charge >= 0.3 is 6.09 Å². The average molecular weight is 458 g/mol. The Balaban J connectivity index is 1.41. The van der Waals surface area contributed by atoms with Crippen molar-refractivity contribution >= 4 is 17.6 Å². The fourth-order valence-electron chi connectivity index (χ4n) is 4.19. The van der Waals surface area contributed by atoms with E-state index in [-0.39, 0.29) is 17.9 Å². The molecule has 3 rings (SSSR count). The van der Waals surface area contributed by atoms with E-state index < -0.39 is 5.60 Å². The fraction of sp³-hybridized carbons (Fsp3) is 0.654. The van der Waals surface area contributed by atoms with Crippen molar-refractivity contribution in [3.05, 3.63) is 30.0 Å². The van der Waals surface area contributed by atoms with E-state index >= 15 is 0 Å². The summed E-state index contributed by atoms with van der Waals surface area (Å²) < 4.78 is 11.4. The lowest BCUT2D eigenvalue weighted by molar-refractivity contribution is -0.125. The monoisotopic (exact) mass is 457 g/mol. The van der Waals surface area contributed by atoms with E-state index in [0.717, 1.165) is 50.6 Å². The van der Waals surface area contributed by atoms with Crippen LogP contribution >= 0.6 is 0 Å². The minimum absolute atomic E-state index is 0.0811. The number of aromatic nitrogens is 1. The highest BCUT2D eigenvalue weighted by Crippen LogP contribution is 2.30. The van der Waals surface area contributed by atoms with Gasteiger partial charge in [0.25, 0.3) is 0 Å². The molecule has 1 saturated heterocycles. The molecule has 1 N–H and O–H groups in total. The molecule has 33 heavy (non-hydrogen) atoms. The number of hydrogen-bond donors (Lipinski definition) is 1. The van der Waals surface area contributed by atoms with E-state index in [1.165, 1.54) is 5.57 Å². The van der Waals surface area contributed by atoms with Gasteiger partial charge in [-0.25, -0.2) is 9.78 Å². The second-order valence-electron chi connectivity index (χ2n) is 10.1. The van der Waals surface area contributed by atoms with Crippen LogP contribution in [-0.2, 0) is 9.53 Å². The minimum atomic E-state index is -0.465. The molecule has 1 aliphatic carbocycles. The van der Waals surface area contributed by atoms with E-state index in [0.29, 0.717) is 31.5 Å². The molecule has 1 unspecified atom stereocenters. The minimum Gasteiger partial charge on any atom is -0.477 e. The first-order valence-corrected chi connectivity index (χ1v) is 12.3. The van der Waals surface area contributed by atoms with Gasteiger partial charge in [-0.15, -0.1) is 0 Å². The van der Waals surface area contributed by atoms with Crippen molar-refractivity contribution in [2.24, 2.45) is 11.8 Å². The molecule has 7 heteroatoms. The number of allylic oxidation sites excluding steroid dienone is 2. The van der Waals surface area contributed by atoms with Gasteiger partial charge in [-0.3, -0.25) is 4.79 Å². The maximum Gasteiger partial charge on any atom is 0.410 e. The van der Waals surface area contributed by atoms with E-state index in [1.54, 1.807) is 4.90 Å². The fourth-order valence-corrected chi connectivity index (χ4v) is 4.19. The zero-order valence-electron chi connectivity index (χ0n) is 20.6. The maximum atomic E-state index is 12.2. The summed E-state index contributed by atoms with van der Waals surface area (Å²) in [6.45, 7) is 10.5. The van der Waals surface area contributed by atoms with Gasteiger partial charge in [-0.2, -0.15) is 0 Å². The molecule has 0 aromatic carbocycles. The van der Waals surface area contributed by atoms with Crippen molar-refractivity contribution in [2.75, 3.05) is 26.2 Å². The molecule has 0 spiro atoms. The molecule has 7 nitrogen and oxygen atoms in total. The van der Waals surface area contributed by atoms with Crippen LogP contribution in [0.2, 0.25) is 0 Å². The van der Waals surface area contributed by atoms with Gasteiger partial charge in [0, 0.05) is 37.8 Å². The number of carbonyl (C=O) groups is 2. The predicted octanol–water partition coefficient (Wildman–Crippen LogP) is 4.82. The van der Waals surface area contributed by atoms with Gasteiger partial charge in [0.2, 0.25) is 11.8 Å². The summed E-state index contributed by atoms with van der Waals surface area (Å²) >= 11 is 0. The Morgan fingerprint density at radius 2 is 1.94 bits per heavy atom. The largest absolute Gasteiger partial charge is 0.477 e. The molecule has 0 saturated carbocycles. The summed E-state index contributed by atoms with van der Waals surface area (Å²) in [7, 11) is 0. The molecule has 1 fully saturated rings. The number of piperidine rings is 1. The van der Waals surface area contributed by atoms with Gasteiger partial charge in [0.15, 0.2) is 0 Å². The molecule has 1 atom stereocenters. The molecule has 0 radical (unpaired) electrons. The molecule has 2 heterocycles. The van der Waals surface area contributed by atoms with Gasteiger partial charge in [-0.1, -0.05) is 13.0 Å². The first-order chi connectivity index (χ1) is 15.7. The summed E-state index contributed by atoms with van der Waals surface area (Å²) in [6.07, 6.45) is 9.12. The second-order valence-corrected chi connectivity index (χ2v) is 10.1. The first kappa shape index (κ1) is 25.1. The van der Waals surface area contributed by atoms with Crippen LogP contribution in [0.25, 0.3) is 5.57 Å². The summed E-state index contributed by atoms with van der Waals surface area (Å²) in [4.78, 5) is 30.6. The zero-order valence-corrected chi connectivity index (χ0v) is 20.6. The quantitative estimate of drug-likeness (QED) is 0.635. The molecule has 1 aliphatic heterocycles. The summed E-state index contributed by atoms with van der Waals surface area (Å²) in [5, 5.41) is 3.00. The lowest BCUT2D eigenvalue weighted by Crippen LogP contribution is -2.42. The van der Waals surface area contributed by atoms with Crippen molar-refractivity contribution in [3.63, 3.8) is 0 Å². The van der Waals surface area contributed by atoms with Crippen molar-refractivity contribution in [1.82, 2.24) is 15.2 Å². The van der Waals surface area contributed by atoms with Gasteiger partial charge in [0.05, 0.1) is 6.61 Å². The van der Waals surface area contributed by atoms with E-state index in [9.17, 15) is 9.59 Å². The molecule has 2 aliphatic rings. The van der Waals surface area contributed by atoms with Crippen LogP contribution in [0.15, 0.2) is 24.4 Å². The third-order valence-electron chi connectivity index (χ3n) is 6.17. The van der Waals surface area contributed by atoms with Crippen molar-refractivity contribution < 1.29 is 19.1 Å². The Morgan fingerprint density at radius 1 is 1.18 bits per heavy atom. The van der Waals surface area contributed by atoms with Crippen LogP contribution in [0.3, 0.4) is 0 Å². The lowest BCUT2D eigenvalue weighted by atomic mass is 9.86. The number of ether oxygens (including phenoxy) is 2. The number of pyridine rings is 1. The number of nitrogens with zero attached hydrogens (tertiary/aromatic N) is 2. The van der Waals surface area contributed by atoms with E-state index in [2.05, 4.69) is 29.4 Å². The smallest absolute Gasteiger partial charge is 0.410 e. The Labute approximate surface area is 197 Å². The topological polar surface area (TPSA) is 80.8 Å². The molecule has 1 aromatic heterocycles. The van der Waals surface area contributed by atoms with E-state index in [4.69, 9.17) is 9.47 Å². The molecule has 1 aromatic rings. The average Bonchev–Trinajstić information content (AvgIpc) is 2.81. The van der Waals surface area contributed by atoms with Crippen LogP contribution in [0, 0.1) is 11.8 Å². The number of nitrogens with one attached hydrogen (secondary N) is 1. The Morgan fingerprint density at radius 3 is 2.52 bits per heavy atom. The highest BCUT2D eigenvalue weighted by Gasteiger charge is 2.27. The Hall–Kier alpha value is -2.57. The number of likely N-dealkylation sites (tertiary alicyclic amines) is 1. The number of carbonyl (C=O) groups excluding carboxylic acids is 2. The SMILES string of the molecule is CCCNC(=O)C1CC=C(c2ccc(OCC3CCN(C(=O)OC(C)(C)C)CC3)nc2)CC1. The normalized spacial score (nSPS) is 19.6. The number of rotatable bonds is 7. The van der Waals surface area contributed by atoms with Crippen molar-refractivity contribution in [1.29, 1.82) is 0 Å². The van der Waals surface area contributed by atoms with Crippen LogP contribution in [-0.4, -0.2) is 53.7 Å². The first-order valence-electron chi connectivity index (χ1n) is 12.3. The zero-order chi connectivity index (χ0) is 23.8. The highest BCUT2D eigenvalue weighted by atomic mass is 16.6. The lowest BCUT2D eigenvalue weighted by Gasteiger charge is -2.33. The van der Waals surface area contributed by atoms with Crippen LogP contribution in [0.4, 0.5) is 4.79 Å². The van der Waals surface area contributed by atoms with Crippen LogP contribution in [0.1, 0.15) is 71.8 Å². The maximum absolute atomic E-state index is 12.2. The highest BCUT2D eigenvalue weighted by molar-refractivity contribution is 5.80. The summed E-state index contributed by atoms with van der Waals surface area (Å²) in [5.74, 6) is 1.28. The number of amides is 2. The second kappa shape index (κ2) is 11.5. The summed E-state index contributed by atoms with van der Waals surface area (Å²) in [6, 6.07) is 3.98. The van der Waals surface area contributed by atoms with E-state index in [1.807, 2.05) is 33.0 Å². The van der Waals surface area contributed by atoms with Crippen LogP contribution < -0.4 is 10.1 Å². The third kappa shape index (κ3) is 7.76. The van der Waals surface area contributed by atoms with Gasteiger partial charge in [-0.05, 0) is 82.4 Å². The Bertz CT molecular complexity index is 821.